The molecule has 8 nitrogen and oxygen atoms in total. The van der Waals surface area contributed by atoms with E-state index in [1.165, 1.54) is 13.1 Å². The third kappa shape index (κ3) is 3.47. The number of piperidine rings is 3. The van der Waals surface area contributed by atoms with Crippen molar-refractivity contribution in [3.8, 4) is 0 Å². The number of aryl methyl sites for hydroxylation is 1. The Labute approximate surface area is 164 Å². The van der Waals surface area contributed by atoms with Crippen molar-refractivity contribution in [2.24, 2.45) is 11.8 Å². The second kappa shape index (κ2) is 7.48. The fourth-order valence-corrected chi connectivity index (χ4v) is 5.12. The van der Waals surface area contributed by atoms with Crippen LogP contribution in [0.2, 0.25) is 0 Å². The van der Waals surface area contributed by atoms with Gasteiger partial charge in [0, 0.05) is 45.2 Å². The number of amides is 3. The fraction of sp³-hybridized carbons (Fsp3) is 0.650. The second-order valence-corrected chi connectivity index (χ2v) is 8.27. The summed E-state index contributed by atoms with van der Waals surface area (Å²) < 4.78 is 0. The highest BCUT2D eigenvalue weighted by Crippen LogP contribution is 2.41. The number of carbonyl (C=O) groups excluding carboxylic acids is 3. The van der Waals surface area contributed by atoms with Gasteiger partial charge in [0.2, 0.25) is 11.8 Å². The molecule has 3 fully saturated rings. The van der Waals surface area contributed by atoms with Crippen molar-refractivity contribution in [2.75, 3.05) is 19.6 Å². The highest BCUT2D eigenvalue weighted by atomic mass is 16.2. The third-order valence-electron chi connectivity index (χ3n) is 6.34. The number of nitrogens with one attached hydrogen (secondary N) is 1. The Hall–Kier alpha value is -2.51. The first kappa shape index (κ1) is 18.8. The van der Waals surface area contributed by atoms with Gasteiger partial charge in [-0.25, -0.2) is 4.98 Å². The van der Waals surface area contributed by atoms with E-state index in [2.05, 4.69) is 15.3 Å². The molecule has 1 aromatic rings. The van der Waals surface area contributed by atoms with Crippen molar-refractivity contribution in [3.05, 3.63) is 23.8 Å². The molecule has 0 aliphatic carbocycles. The molecule has 4 heterocycles. The van der Waals surface area contributed by atoms with Gasteiger partial charge in [-0.3, -0.25) is 19.4 Å². The number of hydrogen-bond acceptors (Lipinski definition) is 5. The maximum atomic E-state index is 13.0. The van der Waals surface area contributed by atoms with Gasteiger partial charge in [-0.05, 0) is 38.0 Å². The molecule has 0 spiro atoms. The minimum absolute atomic E-state index is 0.0577. The topological polar surface area (TPSA) is 95.5 Å². The average Bonchev–Trinajstić information content (AvgIpc) is 2.68. The van der Waals surface area contributed by atoms with Crippen LogP contribution in [0.15, 0.2) is 12.4 Å². The number of nitrogens with zero attached hydrogens (tertiary/aromatic N) is 4. The predicted molar refractivity (Wildman–Crippen MR) is 101 cm³/mol. The van der Waals surface area contributed by atoms with E-state index in [0.717, 1.165) is 25.0 Å². The molecular weight excluding hydrogens is 358 g/mol. The van der Waals surface area contributed by atoms with Crippen molar-refractivity contribution in [2.45, 2.75) is 51.6 Å². The van der Waals surface area contributed by atoms with E-state index >= 15 is 0 Å². The summed E-state index contributed by atoms with van der Waals surface area (Å²) in [6.07, 6.45) is 6.57. The van der Waals surface area contributed by atoms with E-state index in [1.807, 2.05) is 16.7 Å². The number of rotatable bonds is 3. The van der Waals surface area contributed by atoms with Gasteiger partial charge in [-0.15, -0.1) is 0 Å². The van der Waals surface area contributed by atoms with Crippen molar-refractivity contribution in [3.63, 3.8) is 0 Å². The van der Waals surface area contributed by atoms with E-state index in [9.17, 15) is 14.4 Å². The Morgan fingerprint density at radius 2 is 2.00 bits per heavy atom. The van der Waals surface area contributed by atoms with Crippen LogP contribution >= 0.6 is 0 Å². The van der Waals surface area contributed by atoms with Crippen LogP contribution in [0.25, 0.3) is 0 Å². The van der Waals surface area contributed by atoms with Crippen LogP contribution in [0, 0.1) is 18.8 Å². The molecule has 3 amide bonds. The molecule has 0 radical (unpaired) electrons. The summed E-state index contributed by atoms with van der Waals surface area (Å²) >= 11 is 0. The number of aromatic nitrogens is 2. The Morgan fingerprint density at radius 1 is 1.21 bits per heavy atom. The lowest BCUT2D eigenvalue weighted by atomic mass is 9.72. The van der Waals surface area contributed by atoms with Crippen molar-refractivity contribution in [1.82, 2.24) is 25.1 Å². The van der Waals surface area contributed by atoms with E-state index in [1.54, 1.807) is 6.20 Å². The number of hydrogen-bond donors (Lipinski definition) is 1. The van der Waals surface area contributed by atoms with Gasteiger partial charge in [0.1, 0.15) is 5.69 Å². The molecule has 0 saturated carbocycles. The molecule has 3 aliphatic heterocycles. The molecule has 0 aromatic carbocycles. The van der Waals surface area contributed by atoms with Crippen LogP contribution in [0.3, 0.4) is 0 Å². The van der Waals surface area contributed by atoms with Gasteiger partial charge in [0.25, 0.3) is 5.91 Å². The lowest BCUT2D eigenvalue weighted by molar-refractivity contribution is -0.151. The fourth-order valence-electron chi connectivity index (χ4n) is 5.12. The summed E-state index contributed by atoms with van der Waals surface area (Å²) in [5.41, 5.74) is 1.14. The van der Waals surface area contributed by atoms with Gasteiger partial charge in [-0.1, -0.05) is 0 Å². The summed E-state index contributed by atoms with van der Waals surface area (Å²) in [7, 11) is 0. The SMILES string of the molecule is CC(=O)NC[C@H]1[C@H]2C[C@H](CN(C(=O)c3cnc(C)cn3)C2)[C@@H]2CCCC(=O)N21. The minimum Gasteiger partial charge on any atom is -0.354 e. The standard InChI is InChI=1S/C20H27N5O3/c1-12-7-23-16(8-21-12)20(28)24-10-14-6-15(11-24)18(9-22-13(2)26)25-17(14)4-3-5-19(25)27/h7-8,14-15,17-18H,3-6,9-11H2,1-2H3,(H,22,26)/t14-,15+,17+,18+/m1/s1. The summed E-state index contributed by atoms with van der Waals surface area (Å²) in [6.45, 7) is 5.00. The molecule has 2 bridgehead atoms. The van der Waals surface area contributed by atoms with Crippen molar-refractivity contribution in [1.29, 1.82) is 0 Å². The molecule has 1 N–H and O–H groups in total. The Bertz CT molecular complexity index is 781. The van der Waals surface area contributed by atoms with Crippen molar-refractivity contribution < 1.29 is 14.4 Å². The molecule has 150 valence electrons. The predicted octanol–water partition coefficient (Wildman–Crippen LogP) is 0.763. The van der Waals surface area contributed by atoms with Gasteiger partial charge >= 0.3 is 0 Å². The van der Waals surface area contributed by atoms with Gasteiger partial charge in [0.15, 0.2) is 0 Å². The molecule has 3 saturated heterocycles. The molecule has 28 heavy (non-hydrogen) atoms. The molecule has 4 rings (SSSR count). The zero-order valence-electron chi connectivity index (χ0n) is 16.4. The number of likely N-dealkylation sites (tertiary alicyclic amines) is 1. The largest absolute Gasteiger partial charge is 0.354 e. The van der Waals surface area contributed by atoms with Crippen LogP contribution in [0.4, 0.5) is 0 Å². The average molecular weight is 385 g/mol. The summed E-state index contributed by atoms with van der Waals surface area (Å²) in [5, 5.41) is 2.90. The molecule has 1 aromatic heterocycles. The van der Waals surface area contributed by atoms with Crippen LogP contribution < -0.4 is 5.32 Å². The monoisotopic (exact) mass is 385 g/mol. The summed E-state index contributed by atoms with van der Waals surface area (Å²) in [6, 6.07) is 0.0913. The normalized spacial score (nSPS) is 29.3. The van der Waals surface area contributed by atoms with E-state index in [-0.39, 0.29) is 41.6 Å². The van der Waals surface area contributed by atoms with Crippen LogP contribution in [-0.2, 0) is 9.59 Å². The molecule has 0 unspecified atom stereocenters. The van der Waals surface area contributed by atoms with Crippen LogP contribution in [0.1, 0.15) is 48.8 Å². The summed E-state index contributed by atoms with van der Waals surface area (Å²) in [4.78, 5) is 49.5. The zero-order valence-corrected chi connectivity index (χ0v) is 16.4. The lowest BCUT2D eigenvalue weighted by Crippen LogP contribution is -2.67. The van der Waals surface area contributed by atoms with Crippen LogP contribution in [-0.4, -0.2) is 69.2 Å². The minimum atomic E-state index is -0.101. The van der Waals surface area contributed by atoms with E-state index in [4.69, 9.17) is 0 Å². The third-order valence-corrected chi connectivity index (χ3v) is 6.34. The quantitative estimate of drug-likeness (QED) is 0.829. The highest BCUT2D eigenvalue weighted by Gasteiger charge is 2.50. The van der Waals surface area contributed by atoms with Gasteiger partial charge in [0.05, 0.1) is 17.9 Å². The maximum Gasteiger partial charge on any atom is 0.274 e. The number of fused-ring (bicyclic) bond motifs is 4. The second-order valence-electron chi connectivity index (χ2n) is 8.27. The first-order valence-electron chi connectivity index (χ1n) is 10.1. The smallest absolute Gasteiger partial charge is 0.274 e. The highest BCUT2D eigenvalue weighted by molar-refractivity contribution is 5.92. The molecule has 8 heteroatoms. The van der Waals surface area contributed by atoms with Crippen molar-refractivity contribution >= 4 is 17.7 Å². The Kier molecular flexibility index (Phi) is 5.03. The molecule has 3 aliphatic rings. The van der Waals surface area contributed by atoms with Crippen LogP contribution in [0.5, 0.6) is 0 Å². The van der Waals surface area contributed by atoms with E-state index in [0.29, 0.717) is 31.7 Å². The zero-order chi connectivity index (χ0) is 19.8. The molecule has 4 atom stereocenters. The van der Waals surface area contributed by atoms with Gasteiger partial charge in [-0.2, -0.15) is 0 Å². The maximum absolute atomic E-state index is 13.0. The lowest BCUT2D eigenvalue weighted by Gasteiger charge is -2.56. The Balaban J connectivity index is 1.58. The van der Waals surface area contributed by atoms with E-state index < -0.39 is 0 Å². The first-order chi connectivity index (χ1) is 13.4. The molecular formula is C20H27N5O3. The first-order valence-corrected chi connectivity index (χ1v) is 10.1. The van der Waals surface area contributed by atoms with Gasteiger partial charge < -0.3 is 15.1 Å². The number of carbonyl (C=O) groups is 3. The Morgan fingerprint density at radius 3 is 2.71 bits per heavy atom. The summed E-state index contributed by atoms with van der Waals surface area (Å²) in [5.74, 6) is 0.425.